The predicted octanol–water partition coefficient (Wildman–Crippen LogP) is 1.45. The molecule has 0 saturated heterocycles. The van der Waals surface area contributed by atoms with E-state index >= 15 is 0 Å². The van der Waals surface area contributed by atoms with E-state index in [0.29, 0.717) is 5.56 Å². The van der Waals surface area contributed by atoms with Gasteiger partial charge in [-0.2, -0.15) is 0 Å². The molecule has 1 heterocycles. The lowest BCUT2D eigenvalue weighted by Crippen LogP contribution is -2.05. The number of carbonyl (C=O) groups excluding carboxylic acids is 2. The molecule has 2 rings (SSSR count). The molecule has 0 aliphatic heterocycles. The van der Waals surface area contributed by atoms with Crippen molar-refractivity contribution in [2.75, 3.05) is 7.11 Å². The number of aromatic amines is 1. The molecule has 1 aromatic heterocycles. The van der Waals surface area contributed by atoms with Gasteiger partial charge in [-0.05, 0) is 23.8 Å². The summed E-state index contributed by atoms with van der Waals surface area (Å²) in [4.78, 5) is 25.2. The van der Waals surface area contributed by atoms with Crippen molar-refractivity contribution in [2.45, 2.75) is 0 Å². The van der Waals surface area contributed by atoms with Gasteiger partial charge in [-0.3, -0.25) is 4.79 Å². The van der Waals surface area contributed by atoms with Crippen molar-refractivity contribution >= 4 is 28.9 Å². The third kappa shape index (κ3) is 2.24. The van der Waals surface area contributed by atoms with Crippen LogP contribution in [0.5, 0.6) is 0 Å². The van der Waals surface area contributed by atoms with E-state index < -0.39 is 11.9 Å². The van der Waals surface area contributed by atoms with Crippen molar-refractivity contribution in [1.82, 2.24) is 4.98 Å². The Morgan fingerprint density at radius 2 is 2.17 bits per heavy atom. The molecule has 0 fully saturated rings. The Bertz CT molecular complexity index is 641. The van der Waals surface area contributed by atoms with E-state index in [9.17, 15) is 9.59 Å². The number of esters is 1. The van der Waals surface area contributed by atoms with Crippen LogP contribution in [-0.4, -0.2) is 24.0 Å². The van der Waals surface area contributed by atoms with Gasteiger partial charge in [0.25, 0.3) is 0 Å². The Morgan fingerprint density at radius 3 is 2.83 bits per heavy atom. The van der Waals surface area contributed by atoms with Gasteiger partial charge in [0.05, 0.1) is 12.7 Å². The molecule has 0 unspecified atom stereocenters. The van der Waals surface area contributed by atoms with Crippen LogP contribution in [0.25, 0.3) is 17.0 Å². The largest absolute Gasteiger partial charge is 0.465 e. The molecular formula is C13H12N2O3. The number of hydrogen-bond acceptors (Lipinski definition) is 3. The smallest absolute Gasteiger partial charge is 0.340 e. The quantitative estimate of drug-likeness (QED) is 0.633. The van der Waals surface area contributed by atoms with Gasteiger partial charge in [-0.15, -0.1) is 0 Å². The number of fused-ring (bicyclic) bond motifs is 1. The highest BCUT2D eigenvalue weighted by Gasteiger charge is 2.11. The lowest BCUT2D eigenvalue weighted by atomic mass is 10.1. The van der Waals surface area contributed by atoms with E-state index in [1.165, 1.54) is 13.2 Å². The molecule has 1 amide bonds. The van der Waals surface area contributed by atoms with Crippen LogP contribution in [0.4, 0.5) is 0 Å². The van der Waals surface area contributed by atoms with E-state index in [1.54, 1.807) is 18.3 Å². The fourth-order valence-corrected chi connectivity index (χ4v) is 1.70. The molecule has 5 heteroatoms. The van der Waals surface area contributed by atoms with Gasteiger partial charge in [0.15, 0.2) is 0 Å². The topological polar surface area (TPSA) is 85.2 Å². The van der Waals surface area contributed by atoms with Crippen molar-refractivity contribution in [3.05, 3.63) is 41.6 Å². The summed E-state index contributed by atoms with van der Waals surface area (Å²) in [5.74, 6) is -0.922. The predicted molar refractivity (Wildman–Crippen MR) is 67.9 cm³/mol. The van der Waals surface area contributed by atoms with Crippen molar-refractivity contribution < 1.29 is 14.3 Å². The number of primary amides is 1. The maximum absolute atomic E-state index is 11.5. The molecule has 0 bridgehead atoms. The summed E-state index contributed by atoms with van der Waals surface area (Å²) in [7, 11) is 1.33. The number of carbonyl (C=O) groups is 2. The van der Waals surface area contributed by atoms with E-state index in [1.807, 2.05) is 12.1 Å². The molecule has 0 aliphatic carbocycles. The molecule has 0 aliphatic rings. The summed E-state index contributed by atoms with van der Waals surface area (Å²) < 4.78 is 4.69. The fourth-order valence-electron chi connectivity index (χ4n) is 1.70. The fraction of sp³-hybridized carbons (Fsp3) is 0.0769. The molecule has 0 atom stereocenters. The first-order valence-corrected chi connectivity index (χ1v) is 5.29. The number of hydrogen-bond donors (Lipinski definition) is 2. The molecule has 0 saturated carbocycles. The number of H-pyrrole nitrogens is 1. The highest BCUT2D eigenvalue weighted by molar-refractivity contribution is 6.04. The minimum Gasteiger partial charge on any atom is -0.465 e. The minimum atomic E-state index is -0.516. The number of aromatic nitrogens is 1. The number of ether oxygens (including phenoxy) is 1. The second-order valence-electron chi connectivity index (χ2n) is 3.73. The zero-order valence-corrected chi connectivity index (χ0v) is 9.77. The number of amides is 1. The molecule has 3 N–H and O–H groups in total. The second-order valence-corrected chi connectivity index (χ2v) is 3.73. The normalized spacial score (nSPS) is 10.9. The van der Waals surface area contributed by atoms with Gasteiger partial charge in [-0.1, -0.05) is 6.07 Å². The van der Waals surface area contributed by atoms with Crippen molar-refractivity contribution in [3.8, 4) is 0 Å². The molecule has 92 valence electrons. The lowest BCUT2D eigenvalue weighted by molar-refractivity contribution is -0.113. The van der Waals surface area contributed by atoms with Gasteiger partial charge < -0.3 is 15.5 Å². The summed E-state index contributed by atoms with van der Waals surface area (Å²) in [5.41, 5.74) is 7.10. The molecule has 0 radical (unpaired) electrons. The van der Waals surface area contributed by atoms with Crippen LogP contribution >= 0.6 is 0 Å². The molecule has 1 aromatic carbocycles. The summed E-state index contributed by atoms with van der Waals surface area (Å²) in [6.07, 6.45) is 4.46. The highest BCUT2D eigenvalue weighted by Crippen LogP contribution is 2.21. The lowest BCUT2D eigenvalue weighted by Gasteiger charge is -1.98. The summed E-state index contributed by atoms with van der Waals surface area (Å²) >= 11 is 0. The summed E-state index contributed by atoms with van der Waals surface area (Å²) in [6.45, 7) is 0. The molecule has 18 heavy (non-hydrogen) atoms. The first-order valence-electron chi connectivity index (χ1n) is 5.29. The average Bonchev–Trinajstić information content (AvgIpc) is 2.78. The average molecular weight is 244 g/mol. The second kappa shape index (κ2) is 4.75. The van der Waals surface area contributed by atoms with Gasteiger partial charge >= 0.3 is 5.97 Å². The monoisotopic (exact) mass is 244 g/mol. The Balaban J connectivity index is 2.48. The first-order chi connectivity index (χ1) is 8.61. The number of nitrogens with two attached hydrogens (primary N) is 1. The number of methoxy groups -OCH3 is 1. The maximum Gasteiger partial charge on any atom is 0.340 e. The maximum atomic E-state index is 11.5. The third-order valence-corrected chi connectivity index (χ3v) is 2.55. The number of benzene rings is 1. The van der Waals surface area contributed by atoms with Crippen LogP contribution in [0.15, 0.2) is 30.5 Å². The van der Waals surface area contributed by atoms with Crippen LogP contribution < -0.4 is 5.73 Å². The zero-order chi connectivity index (χ0) is 13.1. The Kier molecular flexibility index (Phi) is 3.14. The Labute approximate surface area is 103 Å². The Hall–Kier alpha value is -2.56. The van der Waals surface area contributed by atoms with Gasteiger partial charge in [0.2, 0.25) is 5.91 Å². The van der Waals surface area contributed by atoms with Crippen LogP contribution in [0.1, 0.15) is 15.9 Å². The van der Waals surface area contributed by atoms with Gasteiger partial charge in [0, 0.05) is 23.2 Å². The van der Waals surface area contributed by atoms with Crippen LogP contribution in [0, 0.1) is 0 Å². The van der Waals surface area contributed by atoms with E-state index in [-0.39, 0.29) is 0 Å². The zero-order valence-electron chi connectivity index (χ0n) is 9.77. The third-order valence-electron chi connectivity index (χ3n) is 2.55. The molecule has 2 aromatic rings. The van der Waals surface area contributed by atoms with Crippen LogP contribution in [-0.2, 0) is 9.53 Å². The first kappa shape index (κ1) is 11.9. The van der Waals surface area contributed by atoms with E-state index in [0.717, 1.165) is 16.5 Å². The molecule has 5 nitrogen and oxygen atoms in total. The van der Waals surface area contributed by atoms with Crippen LogP contribution in [0.2, 0.25) is 0 Å². The minimum absolute atomic E-state index is 0.405. The summed E-state index contributed by atoms with van der Waals surface area (Å²) in [6, 6.07) is 5.43. The van der Waals surface area contributed by atoms with E-state index in [2.05, 4.69) is 9.72 Å². The molecular weight excluding hydrogens is 232 g/mol. The van der Waals surface area contributed by atoms with Crippen LogP contribution in [0.3, 0.4) is 0 Å². The number of rotatable bonds is 3. The van der Waals surface area contributed by atoms with Crippen molar-refractivity contribution in [3.63, 3.8) is 0 Å². The highest BCUT2D eigenvalue weighted by atomic mass is 16.5. The molecule has 0 spiro atoms. The van der Waals surface area contributed by atoms with Gasteiger partial charge in [0.1, 0.15) is 0 Å². The standard InChI is InChI=1S/C13H12N2O3/c1-18-13(17)10-7-15-11-4-2-8(6-9(10)11)3-5-12(14)16/h2-7,15H,1H3,(H2,14,16). The van der Waals surface area contributed by atoms with Crippen molar-refractivity contribution in [1.29, 1.82) is 0 Å². The Morgan fingerprint density at radius 1 is 1.39 bits per heavy atom. The van der Waals surface area contributed by atoms with Crippen molar-refractivity contribution in [2.24, 2.45) is 5.73 Å². The summed E-state index contributed by atoms with van der Waals surface area (Å²) in [5, 5.41) is 0.744. The number of nitrogens with one attached hydrogen (secondary N) is 1. The SMILES string of the molecule is COC(=O)c1c[nH]c2ccc(C=CC(N)=O)cc12. The van der Waals surface area contributed by atoms with E-state index in [4.69, 9.17) is 5.73 Å². The van der Waals surface area contributed by atoms with Gasteiger partial charge in [-0.25, -0.2) is 4.79 Å².